The Morgan fingerprint density at radius 1 is 1.19 bits per heavy atom. The first kappa shape index (κ1) is 18.2. The van der Waals surface area contributed by atoms with Crippen molar-refractivity contribution >= 4 is 0 Å². The van der Waals surface area contributed by atoms with Crippen LogP contribution in [0.1, 0.15) is 54.4 Å². The van der Waals surface area contributed by atoms with Crippen LogP contribution in [0.5, 0.6) is 11.6 Å². The molecule has 4 rings (SSSR count). The van der Waals surface area contributed by atoms with Crippen molar-refractivity contribution in [2.24, 2.45) is 0 Å². The van der Waals surface area contributed by atoms with E-state index in [4.69, 9.17) is 9.47 Å². The van der Waals surface area contributed by atoms with Crippen LogP contribution in [0.15, 0.2) is 18.2 Å². The van der Waals surface area contributed by atoms with Gasteiger partial charge in [0.2, 0.25) is 0 Å². The fraction of sp³-hybridized carbons (Fsp3) is 0.524. The van der Waals surface area contributed by atoms with Crippen LogP contribution >= 0.6 is 0 Å². The van der Waals surface area contributed by atoms with E-state index < -0.39 is 0 Å². The van der Waals surface area contributed by atoms with Crippen molar-refractivity contribution in [1.29, 1.82) is 0 Å². The Morgan fingerprint density at radius 3 is 2.85 bits per heavy atom. The molecule has 2 atom stereocenters. The number of ether oxygens (including phenoxy) is 2. The lowest BCUT2D eigenvalue weighted by Gasteiger charge is -2.37. The molecule has 1 unspecified atom stereocenters. The fourth-order valence-electron chi connectivity index (χ4n) is 4.12. The minimum atomic E-state index is -0.155. The fourth-order valence-corrected chi connectivity index (χ4v) is 4.12. The van der Waals surface area contributed by atoms with E-state index in [0.717, 1.165) is 42.9 Å². The van der Waals surface area contributed by atoms with Gasteiger partial charge in [-0.1, -0.05) is 0 Å². The average molecular weight is 371 g/mol. The Bertz CT molecular complexity index is 842. The van der Waals surface area contributed by atoms with Gasteiger partial charge in [0.25, 0.3) is 5.88 Å². The lowest BCUT2D eigenvalue weighted by molar-refractivity contribution is 0.147. The maximum absolute atomic E-state index is 14.7. The Hall–Kier alpha value is -2.21. The first-order chi connectivity index (χ1) is 13.0. The molecule has 2 aliphatic heterocycles. The number of likely N-dealkylation sites (tertiary alicyclic amines) is 1. The number of hydrogen-bond donors (Lipinski definition) is 0. The first-order valence-electron chi connectivity index (χ1n) is 9.67. The molecule has 2 aromatic rings. The second-order valence-corrected chi connectivity index (χ2v) is 7.50. The maximum atomic E-state index is 14.7. The molecule has 0 aliphatic carbocycles. The predicted molar refractivity (Wildman–Crippen MR) is 101 cm³/mol. The number of fused-ring (bicyclic) bond motifs is 1. The zero-order chi connectivity index (χ0) is 19.0. The van der Waals surface area contributed by atoms with Crippen LogP contribution in [-0.2, 0) is 0 Å². The maximum Gasteiger partial charge on any atom is 0.257 e. The molecular formula is C21H26FN3O2. The summed E-state index contributed by atoms with van der Waals surface area (Å²) < 4.78 is 25.9. The first-order valence-corrected chi connectivity index (χ1v) is 9.67. The third kappa shape index (κ3) is 3.63. The molecule has 0 saturated carbocycles. The summed E-state index contributed by atoms with van der Waals surface area (Å²) in [5.74, 6) is 1.31. The Morgan fingerprint density at radius 2 is 2.00 bits per heavy atom. The molecule has 6 heteroatoms. The Balaban J connectivity index is 1.54. The van der Waals surface area contributed by atoms with Gasteiger partial charge in [-0.15, -0.1) is 0 Å². The van der Waals surface area contributed by atoms with Gasteiger partial charge in [-0.3, -0.25) is 9.88 Å². The van der Waals surface area contributed by atoms with Crippen LogP contribution in [0.3, 0.4) is 0 Å². The van der Waals surface area contributed by atoms with E-state index in [9.17, 15) is 4.39 Å². The summed E-state index contributed by atoms with van der Waals surface area (Å²) in [5.41, 5.74) is 3.13. The standard InChI is InChI=1S/C21H26FN3O2/c1-13-11-17(20(22)14(2)23-13)16-5-4-8-25(12-16)15(3)18-6-7-19-21(24-18)27-10-9-26-19/h6-7,11,15-16H,4-5,8-10,12H2,1-3H3/t15-,16?/m1/s1. The third-order valence-electron chi connectivity index (χ3n) is 5.57. The van der Waals surface area contributed by atoms with E-state index in [2.05, 4.69) is 21.8 Å². The SMILES string of the molecule is Cc1cc(C2CCCN([C@H](C)c3ccc4c(n3)OCCO4)C2)c(F)c(C)n1. The van der Waals surface area contributed by atoms with Gasteiger partial charge in [-0.05, 0) is 69.8 Å². The van der Waals surface area contributed by atoms with Crippen LogP contribution in [0.2, 0.25) is 0 Å². The normalized spacial score (nSPS) is 21.1. The van der Waals surface area contributed by atoms with Crippen molar-refractivity contribution in [2.75, 3.05) is 26.3 Å². The number of piperidine rings is 1. The van der Waals surface area contributed by atoms with Crippen LogP contribution in [0.4, 0.5) is 4.39 Å². The van der Waals surface area contributed by atoms with Gasteiger partial charge in [0.05, 0.1) is 11.4 Å². The van der Waals surface area contributed by atoms with E-state index >= 15 is 0 Å². The highest BCUT2D eigenvalue weighted by atomic mass is 19.1. The van der Waals surface area contributed by atoms with Crippen molar-refractivity contribution in [3.63, 3.8) is 0 Å². The lowest BCUT2D eigenvalue weighted by Crippen LogP contribution is -2.37. The molecule has 0 amide bonds. The molecule has 144 valence electrons. The molecule has 0 aromatic carbocycles. The van der Waals surface area contributed by atoms with Gasteiger partial charge in [-0.2, -0.15) is 0 Å². The largest absolute Gasteiger partial charge is 0.484 e. The number of hydrogen-bond acceptors (Lipinski definition) is 5. The molecule has 2 aromatic heterocycles. The summed E-state index contributed by atoms with van der Waals surface area (Å²) in [5, 5.41) is 0. The van der Waals surface area contributed by atoms with Crippen LogP contribution in [0.25, 0.3) is 0 Å². The Kier molecular flexibility index (Phi) is 5.00. The molecule has 2 aliphatic rings. The summed E-state index contributed by atoms with van der Waals surface area (Å²) in [6, 6.07) is 5.98. The van der Waals surface area contributed by atoms with Crippen molar-refractivity contribution in [3.05, 3.63) is 46.7 Å². The summed E-state index contributed by atoms with van der Waals surface area (Å²) in [6.07, 6.45) is 2.04. The average Bonchev–Trinajstić information content (AvgIpc) is 2.70. The Labute approximate surface area is 159 Å². The van der Waals surface area contributed by atoms with E-state index in [-0.39, 0.29) is 17.8 Å². The topological polar surface area (TPSA) is 47.5 Å². The minimum absolute atomic E-state index is 0.135. The van der Waals surface area contributed by atoms with Gasteiger partial charge in [-0.25, -0.2) is 9.37 Å². The highest BCUT2D eigenvalue weighted by Crippen LogP contribution is 2.35. The second kappa shape index (κ2) is 7.43. The second-order valence-electron chi connectivity index (χ2n) is 7.50. The number of halogens is 1. The molecule has 1 fully saturated rings. The minimum Gasteiger partial charge on any atom is -0.484 e. The van der Waals surface area contributed by atoms with Crippen LogP contribution in [-0.4, -0.2) is 41.2 Å². The van der Waals surface area contributed by atoms with Crippen LogP contribution in [0, 0.1) is 19.7 Å². The number of aryl methyl sites for hydroxylation is 2. The molecule has 5 nitrogen and oxygen atoms in total. The van der Waals surface area contributed by atoms with E-state index in [1.54, 1.807) is 6.92 Å². The molecular weight excluding hydrogens is 345 g/mol. The highest BCUT2D eigenvalue weighted by Gasteiger charge is 2.29. The quantitative estimate of drug-likeness (QED) is 0.818. The number of pyridine rings is 2. The van der Waals surface area contributed by atoms with Crippen molar-refractivity contribution in [1.82, 2.24) is 14.9 Å². The van der Waals surface area contributed by atoms with E-state index in [0.29, 0.717) is 30.5 Å². The van der Waals surface area contributed by atoms with Gasteiger partial charge < -0.3 is 9.47 Å². The molecule has 0 bridgehead atoms. The zero-order valence-corrected chi connectivity index (χ0v) is 16.2. The molecule has 1 saturated heterocycles. The molecule has 0 spiro atoms. The molecule has 0 radical (unpaired) electrons. The third-order valence-corrected chi connectivity index (χ3v) is 5.57. The summed E-state index contributed by atoms with van der Waals surface area (Å²) in [7, 11) is 0. The zero-order valence-electron chi connectivity index (χ0n) is 16.2. The van der Waals surface area contributed by atoms with Crippen molar-refractivity contribution in [3.8, 4) is 11.6 Å². The molecule has 0 N–H and O–H groups in total. The highest BCUT2D eigenvalue weighted by molar-refractivity contribution is 5.36. The summed E-state index contributed by atoms with van der Waals surface area (Å²) >= 11 is 0. The summed E-state index contributed by atoms with van der Waals surface area (Å²) in [6.45, 7) is 8.72. The molecule has 27 heavy (non-hydrogen) atoms. The van der Waals surface area contributed by atoms with Gasteiger partial charge in [0.1, 0.15) is 19.0 Å². The lowest BCUT2D eigenvalue weighted by atomic mass is 9.89. The number of aromatic nitrogens is 2. The number of nitrogens with zero attached hydrogens (tertiary/aromatic N) is 3. The van der Waals surface area contributed by atoms with Crippen molar-refractivity contribution in [2.45, 2.75) is 45.6 Å². The summed E-state index contributed by atoms with van der Waals surface area (Å²) in [4.78, 5) is 11.3. The van der Waals surface area contributed by atoms with E-state index in [1.807, 2.05) is 25.1 Å². The number of rotatable bonds is 3. The molecule has 4 heterocycles. The smallest absolute Gasteiger partial charge is 0.257 e. The predicted octanol–water partition coefficient (Wildman–Crippen LogP) is 3.94. The van der Waals surface area contributed by atoms with Crippen molar-refractivity contribution < 1.29 is 13.9 Å². The monoisotopic (exact) mass is 371 g/mol. The van der Waals surface area contributed by atoms with E-state index in [1.165, 1.54) is 0 Å². The van der Waals surface area contributed by atoms with Crippen LogP contribution < -0.4 is 9.47 Å². The van der Waals surface area contributed by atoms with Gasteiger partial charge in [0, 0.05) is 18.3 Å². The van der Waals surface area contributed by atoms with Gasteiger partial charge >= 0.3 is 0 Å². The van der Waals surface area contributed by atoms with Gasteiger partial charge in [0.15, 0.2) is 5.75 Å².